The van der Waals surface area contributed by atoms with Gasteiger partial charge < -0.3 is 10.8 Å². The Balaban J connectivity index is 2.59. The summed E-state index contributed by atoms with van der Waals surface area (Å²) in [7, 11) is 0. The van der Waals surface area contributed by atoms with Crippen molar-refractivity contribution < 1.29 is 5.11 Å². The van der Waals surface area contributed by atoms with Crippen molar-refractivity contribution in [2.75, 3.05) is 5.73 Å². The van der Waals surface area contributed by atoms with Gasteiger partial charge in [0.25, 0.3) is 0 Å². The van der Waals surface area contributed by atoms with Crippen LogP contribution in [0.4, 0.5) is 5.69 Å². The van der Waals surface area contributed by atoms with Crippen LogP contribution in [0.5, 0.6) is 5.88 Å². The molecule has 0 saturated carbocycles. The van der Waals surface area contributed by atoms with E-state index in [4.69, 9.17) is 5.73 Å². The number of fused-ring (bicyclic) bond motifs is 3. The zero-order valence-corrected chi connectivity index (χ0v) is 8.34. The highest BCUT2D eigenvalue weighted by molar-refractivity contribution is 6.05. The van der Waals surface area contributed by atoms with Crippen LogP contribution < -0.4 is 10.8 Å². The zero-order chi connectivity index (χ0) is 11.1. The molecule has 1 aromatic carbocycles. The van der Waals surface area contributed by atoms with Crippen LogP contribution in [-0.4, -0.2) is 9.97 Å². The number of pyridine rings is 2. The fourth-order valence-corrected chi connectivity index (χ4v) is 1.81. The Hall–Kier alpha value is -2.36. The fourth-order valence-electron chi connectivity index (χ4n) is 1.81. The Kier molecular flexibility index (Phi) is 1.71. The molecule has 3 rings (SSSR count). The molecule has 0 aliphatic heterocycles. The van der Waals surface area contributed by atoms with Crippen molar-refractivity contribution in [3.63, 3.8) is 0 Å². The van der Waals surface area contributed by atoms with Crippen molar-refractivity contribution >= 4 is 27.5 Å². The minimum atomic E-state index is -0.240. The lowest BCUT2D eigenvalue weighted by molar-refractivity contribution is -0.271. The maximum Gasteiger partial charge on any atom is 0.0966 e. The quantitative estimate of drug-likeness (QED) is 0.569. The summed E-state index contributed by atoms with van der Waals surface area (Å²) >= 11 is 0. The SMILES string of the molecule is Nc1cnc2c(c1)nc([O-])c1ccccc12. The van der Waals surface area contributed by atoms with Crippen molar-refractivity contribution in [1.82, 2.24) is 9.97 Å². The van der Waals surface area contributed by atoms with Crippen molar-refractivity contribution in [1.29, 1.82) is 0 Å². The first-order valence-electron chi connectivity index (χ1n) is 4.87. The van der Waals surface area contributed by atoms with E-state index in [1.807, 2.05) is 18.2 Å². The minimum Gasteiger partial charge on any atom is -0.858 e. The molecule has 0 unspecified atom stereocenters. The van der Waals surface area contributed by atoms with Gasteiger partial charge in [0.1, 0.15) is 0 Å². The molecule has 0 saturated heterocycles. The van der Waals surface area contributed by atoms with Crippen LogP contribution in [0.15, 0.2) is 36.5 Å². The largest absolute Gasteiger partial charge is 0.858 e. The van der Waals surface area contributed by atoms with Crippen molar-refractivity contribution in [2.24, 2.45) is 0 Å². The first-order valence-corrected chi connectivity index (χ1v) is 4.87. The highest BCUT2D eigenvalue weighted by Crippen LogP contribution is 2.27. The Morgan fingerprint density at radius 3 is 2.69 bits per heavy atom. The third-order valence-corrected chi connectivity index (χ3v) is 2.52. The van der Waals surface area contributed by atoms with Crippen molar-refractivity contribution in [2.45, 2.75) is 0 Å². The van der Waals surface area contributed by atoms with Gasteiger partial charge in [-0.3, -0.25) is 9.97 Å². The Morgan fingerprint density at radius 1 is 1.12 bits per heavy atom. The summed E-state index contributed by atoms with van der Waals surface area (Å²) in [4.78, 5) is 8.19. The smallest absolute Gasteiger partial charge is 0.0966 e. The van der Waals surface area contributed by atoms with Gasteiger partial charge in [0.05, 0.1) is 22.9 Å². The van der Waals surface area contributed by atoms with Gasteiger partial charge in [-0.05, 0) is 17.3 Å². The molecule has 2 heterocycles. The molecule has 0 spiro atoms. The standard InChI is InChI=1S/C12H9N3O/c13-7-5-10-11(14-6-7)8-3-1-2-4-9(8)12(16)15-10/h1-6H,13H2,(H,15,16)/p-1. The summed E-state index contributed by atoms with van der Waals surface area (Å²) in [6, 6.07) is 8.97. The highest BCUT2D eigenvalue weighted by Gasteiger charge is 2.03. The van der Waals surface area contributed by atoms with E-state index in [0.717, 1.165) is 5.39 Å². The Bertz CT molecular complexity index is 694. The molecular formula is C12H8N3O-. The molecule has 0 radical (unpaired) electrons. The Morgan fingerprint density at radius 2 is 1.88 bits per heavy atom. The average molecular weight is 210 g/mol. The van der Waals surface area contributed by atoms with E-state index in [9.17, 15) is 5.11 Å². The normalized spacial score (nSPS) is 11.0. The minimum absolute atomic E-state index is 0.240. The molecule has 0 atom stereocenters. The lowest BCUT2D eigenvalue weighted by atomic mass is 10.1. The van der Waals surface area contributed by atoms with Crippen LogP contribution in [0.1, 0.15) is 0 Å². The molecule has 16 heavy (non-hydrogen) atoms. The van der Waals surface area contributed by atoms with E-state index in [1.54, 1.807) is 18.3 Å². The molecule has 3 aromatic rings. The number of rotatable bonds is 0. The number of benzene rings is 1. The summed E-state index contributed by atoms with van der Waals surface area (Å²) in [5.41, 5.74) is 7.38. The molecule has 0 aliphatic rings. The first kappa shape index (κ1) is 8.91. The van der Waals surface area contributed by atoms with Crippen LogP contribution in [0.2, 0.25) is 0 Å². The second-order valence-electron chi connectivity index (χ2n) is 3.60. The number of hydrogen-bond donors (Lipinski definition) is 1. The lowest BCUT2D eigenvalue weighted by Crippen LogP contribution is -1.98. The number of anilines is 1. The van der Waals surface area contributed by atoms with Gasteiger partial charge >= 0.3 is 0 Å². The van der Waals surface area contributed by atoms with E-state index < -0.39 is 0 Å². The van der Waals surface area contributed by atoms with Crippen LogP contribution in [0.3, 0.4) is 0 Å². The molecule has 2 N–H and O–H groups in total. The molecule has 4 heteroatoms. The maximum absolute atomic E-state index is 11.7. The van der Waals surface area contributed by atoms with Crippen LogP contribution in [-0.2, 0) is 0 Å². The predicted octanol–water partition coefficient (Wildman–Crippen LogP) is 1.44. The number of nitrogen functional groups attached to an aromatic ring is 1. The zero-order valence-electron chi connectivity index (χ0n) is 8.34. The molecule has 78 valence electrons. The van der Waals surface area contributed by atoms with E-state index in [-0.39, 0.29) is 5.88 Å². The number of aromatic nitrogens is 2. The molecule has 2 aromatic heterocycles. The van der Waals surface area contributed by atoms with Crippen LogP contribution >= 0.6 is 0 Å². The van der Waals surface area contributed by atoms with Crippen LogP contribution in [0, 0.1) is 0 Å². The molecule has 4 nitrogen and oxygen atoms in total. The highest BCUT2D eigenvalue weighted by atomic mass is 16.3. The summed E-state index contributed by atoms with van der Waals surface area (Å²) in [6.45, 7) is 0. The lowest BCUT2D eigenvalue weighted by Gasteiger charge is -2.11. The third kappa shape index (κ3) is 1.16. The van der Waals surface area contributed by atoms with Crippen LogP contribution in [0.25, 0.3) is 21.8 Å². The van der Waals surface area contributed by atoms with Gasteiger partial charge in [-0.1, -0.05) is 24.3 Å². The molecule has 0 aliphatic carbocycles. The molecular weight excluding hydrogens is 202 g/mol. The van der Waals surface area contributed by atoms with E-state index in [0.29, 0.717) is 22.1 Å². The van der Waals surface area contributed by atoms with E-state index >= 15 is 0 Å². The second-order valence-corrected chi connectivity index (χ2v) is 3.60. The number of nitrogens with zero attached hydrogens (tertiary/aromatic N) is 2. The predicted molar refractivity (Wildman–Crippen MR) is 60.9 cm³/mol. The summed E-state index contributed by atoms with van der Waals surface area (Å²) in [5, 5.41) is 13.1. The van der Waals surface area contributed by atoms with Gasteiger partial charge in [0.15, 0.2) is 0 Å². The van der Waals surface area contributed by atoms with Gasteiger partial charge in [-0.2, -0.15) is 0 Å². The van der Waals surface area contributed by atoms with Gasteiger partial charge in [-0.15, -0.1) is 0 Å². The molecule has 0 amide bonds. The van der Waals surface area contributed by atoms with E-state index in [2.05, 4.69) is 9.97 Å². The van der Waals surface area contributed by atoms with E-state index in [1.165, 1.54) is 0 Å². The summed E-state index contributed by atoms with van der Waals surface area (Å²) in [6.07, 6.45) is 1.57. The monoisotopic (exact) mass is 210 g/mol. The topological polar surface area (TPSA) is 74.9 Å². The van der Waals surface area contributed by atoms with Crippen molar-refractivity contribution in [3.8, 4) is 5.88 Å². The number of hydrogen-bond acceptors (Lipinski definition) is 4. The van der Waals surface area contributed by atoms with Gasteiger partial charge in [0.2, 0.25) is 0 Å². The van der Waals surface area contributed by atoms with Gasteiger partial charge in [-0.25, -0.2) is 0 Å². The fraction of sp³-hybridized carbons (Fsp3) is 0. The maximum atomic E-state index is 11.7. The number of nitrogens with two attached hydrogens (primary N) is 1. The molecule has 0 fully saturated rings. The second kappa shape index (κ2) is 3.06. The summed E-state index contributed by atoms with van der Waals surface area (Å²) in [5.74, 6) is -0.240. The average Bonchev–Trinajstić information content (AvgIpc) is 2.29. The summed E-state index contributed by atoms with van der Waals surface area (Å²) < 4.78 is 0. The molecule has 0 bridgehead atoms. The third-order valence-electron chi connectivity index (χ3n) is 2.52. The van der Waals surface area contributed by atoms with Crippen molar-refractivity contribution in [3.05, 3.63) is 36.5 Å². The first-order chi connectivity index (χ1) is 7.75. The Labute approximate surface area is 91.4 Å². The van der Waals surface area contributed by atoms with Gasteiger partial charge in [0, 0.05) is 5.39 Å².